The zero-order valence-corrected chi connectivity index (χ0v) is 20.4. The number of ether oxygens (including phenoxy) is 5. The highest BCUT2D eigenvalue weighted by atomic mass is 32.1. The van der Waals surface area contributed by atoms with E-state index in [0.29, 0.717) is 39.6 Å². The molecule has 188 valence electrons. The number of thiazole rings is 1. The van der Waals surface area contributed by atoms with Crippen molar-refractivity contribution >= 4 is 17.4 Å². The Hall–Kier alpha value is -2.08. The van der Waals surface area contributed by atoms with Gasteiger partial charge in [0.15, 0.2) is 6.29 Å². The second kappa shape index (κ2) is 15.0. The number of nitrogens with one attached hydrogen (secondary N) is 1. The summed E-state index contributed by atoms with van der Waals surface area (Å²) in [5, 5.41) is 11.7. The topological polar surface area (TPSA) is 108 Å². The first-order chi connectivity index (χ1) is 16.6. The molecule has 9 nitrogen and oxygen atoms in total. The van der Waals surface area contributed by atoms with E-state index in [4.69, 9.17) is 23.7 Å². The molecule has 1 aliphatic heterocycles. The van der Waals surface area contributed by atoms with Crippen LogP contribution in [0.2, 0.25) is 0 Å². The Morgan fingerprint density at radius 1 is 1.12 bits per heavy atom. The molecule has 1 aliphatic rings. The van der Waals surface area contributed by atoms with Gasteiger partial charge in [0.25, 0.3) is 0 Å². The normalized spacial score (nSPS) is 16.9. The molecule has 0 bridgehead atoms. The Labute approximate surface area is 204 Å². The van der Waals surface area contributed by atoms with E-state index in [1.54, 1.807) is 11.3 Å². The van der Waals surface area contributed by atoms with Gasteiger partial charge in [-0.05, 0) is 37.3 Å². The van der Waals surface area contributed by atoms with E-state index in [2.05, 4.69) is 10.3 Å². The molecule has 0 aliphatic carbocycles. The number of hydrogen-bond donors (Lipinski definition) is 2. The minimum atomic E-state index is -1.09. The summed E-state index contributed by atoms with van der Waals surface area (Å²) in [4.78, 5) is 16.6. The van der Waals surface area contributed by atoms with Crippen molar-refractivity contribution in [3.8, 4) is 10.4 Å². The maximum atomic E-state index is 11.2. The molecule has 1 amide bonds. The first-order valence-corrected chi connectivity index (χ1v) is 12.5. The van der Waals surface area contributed by atoms with Gasteiger partial charge in [-0.25, -0.2) is 9.78 Å². The Morgan fingerprint density at radius 3 is 2.44 bits per heavy atom. The molecule has 1 aromatic carbocycles. The number of carbonyl (C=O) groups is 1. The number of benzene rings is 1. The van der Waals surface area contributed by atoms with Crippen molar-refractivity contribution in [2.24, 2.45) is 0 Å². The van der Waals surface area contributed by atoms with Crippen molar-refractivity contribution < 1.29 is 33.6 Å². The molecule has 2 heterocycles. The van der Waals surface area contributed by atoms with Crippen LogP contribution in [-0.4, -0.2) is 75.3 Å². The van der Waals surface area contributed by atoms with Crippen molar-refractivity contribution in [1.82, 2.24) is 10.3 Å². The molecule has 2 aromatic rings. The van der Waals surface area contributed by atoms with E-state index in [1.807, 2.05) is 36.7 Å². The fourth-order valence-electron chi connectivity index (χ4n) is 3.54. The van der Waals surface area contributed by atoms with Gasteiger partial charge in [0.2, 0.25) is 0 Å². The molecule has 2 atom stereocenters. The third kappa shape index (κ3) is 9.28. The molecular formula is C24H34N2O7S. The van der Waals surface area contributed by atoms with Crippen LogP contribution >= 0.6 is 11.3 Å². The third-order valence-corrected chi connectivity index (χ3v) is 6.29. The van der Waals surface area contributed by atoms with Gasteiger partial charge in [-0.3, -0.25) is 0 Å². The Morgan fingerprint density at radius 2 is 1.82 bits per heavy atom. The maximum Gasteiger partial charge on any atom is 0.405 e. The molecule has 1 aromatic heterocycles. The number of aromatic nitrogens is 1. The molecule has 10 heteroatoms. The van der Waals surface area contributed by atoms with Crippen LogP contribution in [0.3, 0.4) is 0 Å². The Kier molecular flexibility index (Phi) is 11.7. The highest BCUT2D eigenvalue weighted by Crippen LogP contribution is 2.28. The summed E-state index contributed by atoms with van der Waals surface area (Å²) >= 11 is 1.58. The molecule has 0 spiro atoms. The van der Waals surface area contributed by atoms with Gasteiger partial charge >= 0.3 is 6.09 Å². The SMILES string of the molecule is Cc1ncsc1-c1ccc(C(COCCOCCOCCOC2CCCCO2)NC(=O)O)cc1. The molecule has 1 saturated heterocycles. The second-order valence-electron chi connectivity index (χ2n) is 7.86. The Bertz CT molecular complexity index is 840. The van der Waals surface area contributed by atoms with Gasteiger partial charge in [-0.15, -0.1) is 11.3 Å². The van der Waals surface area contributed by atoms with Crippen molar-refractivity contribution in [2.75, 3.05) is 52.9 Å². The number of carboxylic acid groups (broad SMARTS) is 1. The quantitative estimate of drug-likeness (QED) is 0.358. The summed E-state index contributed by atoms with van der Waals surface area (Å²) in [6.07, 6.45) is 2.02. The fourth-order valence-corrected chi connectivity index (χ4v) is 4.35. The minimum Gasteiger partial charge on any atom is -0.465 e. The smallest absolute Gasteiger partial charge is 0.405 e. The van der Waals surface area contributed by atoms with Gasteiger partial charge < -0.3 is 34.1 Å². The fraction of sp³-hybridized carbons (Fsp3) is 0.583. The lowest BCUT2D eigenvalue weighted by Gasteiger charge is -2.22. The molecule has 1 fully saturated rings. The van der Waals surface area contributed by atoms with E-state index >= 15 is 0 Å². The van der Waals surface area contributed by atoms with Crippen LogP contribution in [0.5, 0.6) is 0 Å². The van der Waals surface area contributed by atoms with Crippen molar-refractivity contribution in [1.29, 1.82) is 0 Å². The van der Waals surface area contributed by atoms with Crippen LogP contribution in [0.4, 0.5) is 4.79 Å². The molecule has 0 saturated carbocycles. The zero-order valence-electron chi connectivity index (χ0n) is 19.6. The largest absolute Gasteiger partial charge is 0.465 e. The highest BCUT2D eigenvalue weighted by Gasteiger charge is 2.15. The van der Waals surface area contributed by atoms with Gasteiger partial charge in [0.05, 0.1) is 68.4 Å². The summed E-state index contributed by atoms with van der Waals surface area (Å²) in [5.74, 6) is 0. The first-order valence-electron chi connectivity index (χ1n) is 11.6. The van der Waals surface area contributed by atoms with E-state index in [9.17, 15) is 9.90 Å². The lowest BCUT2D eigenvalue weighted by atomic mass is 10.0. The summed E-state index contributed by atoms with van der Waals surface area (Å²) in [6, 6.07) is 7.31. The average molecular weight is 495 g/mol. The summed E-state index contributed by atoms with van der Waals surface area (Å²) in [7, 11) is 0. The second-order valence-corrected chi connectivity index (χ2v) is 8.71. The summed E-state index contributed by atoms with van der Waals surface area (Å²) in [5.41, 5.74) is 4.69. The third-order valence-electron chi connectivity index (χ3n) is 5.32. The summed E-state index contributed by atoms with van der Waals surface area (Å²) < 4.78 is 27.7. The van der Waals surface area contributed by atoms with Crippen LogP contribution in [0, 0.1) is 6.92 Å². The van der Waals surface area contributed by atoms with Crippen molar-refractivity contribution in [2.45, 2.75) is 38.5 Å². The number of amides is 1. The monoisotopic (exact) mass is 494 g/mol. The van der Waals surface area contributed by atoms with Crippen LogP contribution in [0.15, 0.2) is 29.8 Å². The predicted molar refractivity (Wildman–Crippen MR) is 128 cm³/mol. The van der Waals surface area contributed by atoms with Crippen LogP contribution in [-0.2, 0) is 23.7 Å². The van der Waals surface area contributed by atoms with Gasteiger partial charge in [-0.1, -0.05) is 24.3 Å². The highest BCUT2D eigenvalue weighted by molar-refractivity contribution is 7.13. The lowest BCUT2D eigenvalue weighted by Crippen LogP contribution is -2.30. The number of rotatable bonds is 15. The van der Waals surface area contributed by atoms with E-state index < -0.39 is 12.1 Å². The number of hydrogen-bond acceptors (Lipinski definition) is 8. The van der Waals surface area contributed by atoms with E-state index in [1.165, 1.54) is 0 Å². The maximum absolute atomic E-state index is 11.2. The van der Waals surface area contributed by atoms with E-state index in [0.717, 1.165) is 47.6 Å². The van der Waals surface area contributed by atoms with Crippen molar-refractivity contribution in [3.63, 3.8) is 0 Å². The van der Waals surface area contributed by atoms with Gasteiger partial charge in [-0.2, -0.15) is 0 Å². The summed E-state index contributed by atoms with van der Waals surface area (Å²) in [6.45, 7) is 5.66. The van der Waals surface area contributed by atoms with E-state index in [-0.39, 0.29) is 12.9 Å². The van der Waals surface area contributed by atoms with Crippen molar-refractivity contribution in [3.05, 3.63) is 41.0 Å². The predicted octanol–water partition coefficient (Wildman–Crippen LogP) is 4.02. The molecule has 2 unspecified atom stereocenters. The molecular weight excluding hydrogens is 460 g/mol. The standard InChI is InChI=1S/C24H34N2O7S/c1-18-23(34-17-25-18)20-7-5-19(6-8-20)21(26-24(27)28)16-31-13-12-29-10-11-30-14-15-33-22-4-2-3-9-32-22/h5-8,17,21-22,26H,2-4,9-16H2,1H3,(H,27,28). The van der Waals surface area contributed by atoms with Gasteiger partial charge in [0.1, 0.15) is 0 Å². The van der Waals surface area contributed by atoms with Crippen LogP contribution in [0.1, 0.15) is 36.6 Å². The van der Waals surface area contributed by atoms with Crippen LogP contribution in [0.25, 0.3) is 10.4 Å². The average Bonchev–Trinajstić information content (AvgIpc) is 3.28. The number of nitrogens with zero attached hydrogens (tertiary/aromatic N) is 1. The molecule has 2 N–H and O–H groups in total. The molecule has 0 radical (unpaired) electrons. The van der Waals surface area contributed by atoms with Gasteiger partial charge in [0, 0.05) is 6.61 Å². The minimum absolute atomic E-state index is 0.0920. The zero-order chi connectivity index (χ0) is 24.0. The first kappa shape index (κ1) is 26.5. The van der Waals surface area contributed by atoms with Crippen LogP contribution < -0.4 is 5.32 Å². The lowest BCUT2D eigenvalue weighted by molar-refractivity contribution is -0.169. The number of aryl methyl sites for hydroxylation is 1. The molecule has 34 heavy (non-hydrogen) atoms. The molecule has 3 rings (SSSR count). The Balaban J connectivity index is 1.27.